The first-order chi connectivity index (χ1) is 7.43. The smallest absolute Gasteiger partial charge is 0.196 e. The summed E-state index contributed by atoms with van der Waals surface area (Å²) >= 11 is 0. The molecule has 0 bridgehead atoms. The number of fused-ring (bicyclic) bond motifs is 1. The zero-order valence-corrected chi connectivity index (χ0v) is 8.52. The lowest BCUT2D eigenvalue weighted by molar-refractivity contribution is 0.546. The summed E-state index contributed by atoms with van der Waals surface area (Å²) in [5, 5.41) is 0. The van der Waals surface area contributed by atoms with Gasteiger partial charge in [0.2, 0.25) is 0 Å². The molecule has 0 N–H and O–H groups in total. The molecule has 1 aliphatic carbocycles. The van der Waals surface area contributed by atoms with E-state index in [1.807, 2.05) is 12.1 Å². The maximum absolute atomic E-state index is 5.83. The van der Waals surface area contributed by atoms with Gasteiger partial charge >= 0.3 is 0 Å². The lowest BCUT2D eigenvalue weighted by atomic mass is 10.2. The van der Waals surface area contributed by atoms with Crippen molar-refractivity contribution in [2.75, 3.05) is 18.0 Å². The van der Waals surface area contributed by atoms with Gasteiger partial charge in [0.05, 0.1) is 0 Å². The van der Waals surface area contributed by atoms with E-state index >= 15 is 0 Å². The fourth-order valence-corrected chi connectivity index (χ4v) is 1.97. The van der Waals surface area contributed by atoms with Gasteiger partial charge in [0.25, 0.3) is 0 Å². The maximum Gasteiger partial charge on any atom is 0.196 e. The van der Waals surface area contributed by atoms with Crippen molar-refractivity contribution in [1.29, 1.82) is 0 Å². The first kappa shape index (κ1) is 8.60. The summed E-state index contributed by atoms with van der Waals surface area (Å²) in [5.41, 5.74) is 1.17. The standard InChI is InChI=1S/C13H13NO/c1-2-9-14(10-3-1)13-8-7-11-5-4-6-12(11)15-13/h1-2,4-8H,3,9-10H2. The van der Waals surface area contributed by atoms with Crippen LogP contribution in [0.4, 0.5) is 5.88 Å². The Labute approximate surface area is 89.2 Å². The molecule has 3 aliphatic rings. The molecule has 0 aromatic heterocycles. The lowest BCUT2D eigenvalue weighted by Gasteiger charge is -2.24. The molecule has 0 fully saturated rings. The summed E-state index contributed by atoms with van der Waals surface area (Å²) in [7, 11) is 0. The van der Waals surface area contributed by atoms with E-state index in [0.29, 0.717) is 0 Å². The Morgan fingerprint density at radius 3 is 2.93 bits per heavy atom. The zero-order chi connectivity index (χ0) is 10.1. The molecule has 0 atom stereocenters. The van der Waals surface area contributed by atoms with E-state index in [-0.39, 0.29) is 0 Å². The third-order valence-electron chi connectivity index (χ3n) is 2.80. The van der Waals surface area contributed by atoms with Crippen LogP contribution in [0.2, 0.25) is 0 Å². The molecule has 2 heterocycles. The molecule has 0 unspecified atom stereocenters. The van der Waals surface area contributed by atoms with Crippen molar-refractivity contribution in [3.8, 4) is 11.3 Å². The van der Waals surface area contributed by atoms with Crippen LogP contribution in [0, 0.1) is 0 Å². The second kappa shape index (κ2) is 3.46. The van der Waals surface area contributed by atoms with Crippen molar-refractivity contribution >= 4 is 5.88 Å². The molecule has 76 valence electrons. The van der Waals surface area contributed by atoms with Crippen molar-refractivity contribution in [2.24, 2.45) is 0 Å². The predicted octanol–water partition coefficient (Wildman–Crippen LogP) is 3.15. The molecule has 0 radical (unpaired) electrons. The molecule has 0 aromatic rings. The molecule has 0 saturated heterocycles. The quantitative estimate of drug-likeness (QED) is 0.656. The second-order valence-corrected chi connectivity index (χ2v) is 3.83. The van der Waals surface area contributed by atoms with Gasteiger partial charge in [-0.25, -0.2) is 0 Å². The Hall–Kier alpha value is -1.70. The molecule has 2 nitrogen and oxygen atoms in total. The van der Waals surface area contributed by atoms with E-state index in [1.54, 1.807) is 0 Å². The highest BCUT2D eigenvalue weighted by Crippen LogP contribution is 2.28. The molecule has 3 rings (SSSR count). The highest BCUT2D eigenvalue weighted by Gasteiger charge is 2.12. The molecule has 0 amide bonds. The second-order valence-electron chi connectivity index (χ2n) is 3.83. The van der Waals surface area contributed by atoms with Crippen LogP contribution in [-0.4, -0.2) is 13.1 Å². The molecule has 0 spiro atoms. The van der Waals surface area contributed by atoms with E-state index in [2.05, 4.69) is 35.3 Å². The fourth-order valence-electron chi connectivity index (χ4n) is 1.97. The van der Waals surface area contributed by atoms with Crippen LogP contribution < -0.4 is 4.90 Å². The van der Waals surface area contributed by atoms with Crippen molar-refractivity contribution in [3.63, 3.8) is 0 Å². The minimum atomic E-state index is 0.954. The summed E-state index contributed by atoms with van der Waals surface area (Å²) < 4.78 is 5.83. The highest BCUT2D eigenvalue weighted by atomic mass is 16.4. The maximum atomic E-state index is 5.83. The van der Waals surface area contributed by atoms with E-state index in [9.17, 15) is 0 Å². The van der Waals surface area contributed by atoms with Crippen molar-refractivity contribution in [3.05, 3.63) is 42.5 Å². The van der Waals surface area contributed by atoms with Gasteiger partial charge in [0, 0.05) is 18.7 Å². The number of rotatable bonds is 1. The van der Waals surface area contributed by atoms with Crippen molar-refractivity contribution in [1.82, 2.24) is 0 Å². The topological polar surface area (TPSA) is 16.4 Å². The van der Waals surface area contributed by atoms with E-state index in [4.69, 9.17) is 4.42 Å². The van der Waals surface area contributed by atoms with Crippen molar-refractivity contribution < 1.29 is 4.42 Å². The van der Waals surface area contributed by atoms with Gasteiger partial charge in [-0.3, -0.25) is 0 Å². The van der Waals surface area contributed by atoms with Crippen LogP contribution in [0.15, 0.2) is 46.9 Å². The molecule has 2 heteroatoms. The minimum Gasteiger partial charge on any atom is -0.441 e. The fraction of sp³-hybridized carbons (Fsp3) is 0.231. The summed E-state index contributed by atoms with van der Waals surface area (Å²) in [6.45, 7) is 2.00. The van der Waals surface area contributed by atoms with E-state index in [1.165, 1.54) is 5.56 Å². The SMILES string of the molecule is C1=CCN(c2ccc3cccc-3o2)CC1. The third kappa shape index (κ3) is 1.52. The Bertz CT molecular complexity index is 458. The van der Waals surface area contributed by atoms with Gasteiger partial charge < -0.3 is 9.32 Å². The van der Waals surface area contributed by atoms with Gasteiger partial charge in [-0.2, -0.15) is 0 Å². The zero-order valence-electron chi connectivity index (χ0n) is 8.52. The van der Waals surface area contributed by atoms with Gasteiger partial charge in [-0.05, 0) is 24.6 Å². The van der Waals surface area contributed by atoms with E-state index in [0.717, 1.165) is 31.2 Å². The Kier molecular flexibility index (Phi) is 1.98. The first-order valence-corrected chi connectivity index (χ1v) is 5.32. The van der Waals surface area contributed by atoms with Gasteiger partial charge in [0.15, 0.2) is 5.88 Å². The van der Waals surface area contributed by atoms with E-state index < -0.39 is 0 Å². The first-order valence-electron chi connectivity index (χ1n) is 5.32. The predicted molar refractivity (Wildman–Crippen MR) is 61.3 cm³/mol. The molecule has 0 aromatic carbocycles. The highest BCUT2D eigenvalue weighted by molar-refractivity contribution is 5.62. The average molecular weight is 199 g/mol. The summed E-state index contributed by atoms with van der Waals surface area (Å²) in [6.07, 6.45) is 5.51. The number of anilines is 1. The number of hydrogen-bond acceptors (Lipinski definition) is 2. The van der Waals surface area contributed by atoms with Gasteiger partial charge in [0.1, 0.15) is 5.76 Å². The molecule has 0 saturated carbocycles. The van der Waals surface area contributed by atoms with Gasteiger partial charge in [-0.1, -0.05) is 24.3 Å². The normalized spacial score (nSPS) is 16.1. The van der Waals surface area contributed by atoms with Crippen LogP contribution in [0.1, 0.15) is 6.42 Å². The summed E-state index contributed by atoms with van der Waals surface area (Å²) in [4.78, 5) is 2.26. The monoisotopic (exact) mass is 199 g/mol. The summed E-state index contributed by atoms with van der Waals surface area (Å²) in [6, 6.07) is 10.3. The Balaban J connectivity index is 1.97. The number of nitrogens with zero attached hydrogens (tertiary/aromatic N) is 1. The average Bonchev–Trinajstić information content (AvgIpc) is 2.77. The van der Waals surface area contributed by atoms with Crippen LogP contribution in [0.5, 0.6) is 0 Å². The largest absolute Gasteiger partial charge is 0.441 e. The van der Waals surface area contributed by atoms with Crippen LogP contribution in [-0.2, 0) is 0 Å². The third-order valence-corrected chi connectivity index (χ3v) is 2.80. The van der Waals surface area contributed by atoms with Crippen LogP contribution in [0.25, 0.3) is 11.3 Å². The lowest BCUT2D eigenvalue weighted by Crippen LogP contribution is -2.26. The Morgan fingerprint density at radius 2 is 2.07 bits per heavy atom. The van der Waals surface area contributed by atoms with Crippen LogP contribution >= 0.6 is 0 Å². The minimum absolute atomic E-state index is 0.954. The number of hydrogen-bond donors (Lipinski definition) is 0. The van der Waals surface area contributed by atoms with Crippen LogP contribution in [0.3, 0.4) is 0 Å². The molecule has 2 aliphatic heterocycles. The Morgan fingerprint density at radius 1 is 1.07 bits per heavy atom. The summed E-state index contributed by atoms with van der Waals surface area (Å²) in [5.74, 6) is 1.94. The molecular weight excluding hydrogens is 186 g/mol. The van der Waals surface area contributed by atoms with Gasteiger partial charge in [-0.15, -0.1) is 0 Å². The molecule has 15 heavy (non-hydrogen) atoms. The molecular formula is C13H13NO. The van der Waals surface area contributed by atoms with Crippen molar-refractivity contribution in [2.45, 2.75) is 6.42 Å².